The van der Waals surface area contributed by atoms with Gasteiger partial charge in [-0.05, 0) is 37.3 Å². The molecule has 1 spiro atoms. The van der Waals surface area contributed by atoms with Crippen molar-refractivity contribution in [2.75, 3.05) is 42.7 Å². The molecular weight excluding hydrogens is 548 g/mol. The number of hydrogen-bond donors (Lipinski definition) is 2. The Bertz CT molecular complexity index is 1390. The fourth-order valence-electron chi connectivity index (χ4n) is 5.60. The van der Waals surface area contributed by atoms with E-state index in [4.69, 9.17) is 25.8 Å². The summed E-state index contributed by atoms with van der Waals surface area (Å²) in [5.41, 5.74) is 0.915. The van der Waals surface area contributed by atoms with Crippen LogP contribution in [0.5, 0.6) is 5.88 Å². The van der Waals surface area contributed by atoms with Crippen molar-refractivity contribution in [2.24, 2.45) is 0 Å². The molecule has 0 saturated carbocycles. The number of alkyl halides is 2. The van der Waals surface area contributed by atoms with Crippen molar-refractivity contribution >= 4 is 29.1 Å². The Morgan fingerprint density at radius 3 is 2.80 bits per heavy atom. The third-order valence-electron chi connectivity index (χ3n) is 7.84. The number of aromatic nitrogens is 3. The van der Waals surface area contributed by atoms with Gasteiger partial charge in [0.05, 0.1) is 37.4 Å². The topological polar surface area (TPSA) is 113 Å². The van der Waals surface area contributed by atoms with E-state index >= 15 is 0 Å². The van der Waals surface area contributed by atoms with E-state index in [1.807, 2.05) is 6.92 Å². The smallest absolute Gasteiger partial charge is 0.326 e. The first-order valence-electron chi connectivity index (χ1n) is 13.0. The predicted molar refractivity (Wildman–Crippen MR) is 142 cm³/mol. The molecule has 212 valence electrons. The number of H-pyrrole nitrogens is 1. The van der Waals surface area contributed by atoms with Crippen LogP contribution in [0.1, 0.15) is 25.5 Å². The van der Waals surface area contributed by atoms with Crippen LogP contribution >= 0.6 is 11.6 Å². The number of aliphatic carboxylic acids is 1. The first kappa shape index (κ1) is 26.7. The number of nitrogens with zero attached hydrogens (tertiary/aromatic N) is 4. The zero-order chi connectivity index (χ0) is 28.0. The number of aromatic amines is 1. The second-order valence-corrected chi connectivity index (χ2v) is 10.7. The van der Waals surface area contributed by atoms with Crippen LogP contribution in [0.3, 0.4) is 0 Å². The van der Waals surface area contributed by atoms with E-state index in [2.05, 4.69) is 19.9 Å². The lowest BCUT2D eigenvalue weighted by Crippen LogP contribution is -2.68. The molecule has 6 heterocycles. The minimum absolute atomic E-state index is 0.0443. The number of pyridine rings is 2. The molecule has 13 heteroatoms. The van der Waals surface area contributed by atoms with Crippen molar-refractivity contribution in [1.29, 1.82) is 0 Å². The van der Waals surface area contributed by atoms with Gasteiger partial charge in [-0.15, -0.1) is 0 Å². The molecule has 40 heavy (non-hydrogen) atoms. The Kier molecular flexibility index (Phi) is 7.01. The van der Waals surface area contributed by atoms with Gasteiger partial charge in [0.1, 0.15) is 34.9 Å². The van der Waals surface area contributed by atoms with Crippen molar-refractivity contribution < 1.29 is 32.9 Å². The third-order valence-corrected chi connectivity index (χ3v) is 8.04. The van der Waals surface area contributed by atoms with Gasteiger partial charge in [0.2, 0.25) is 5.88 Å². The summed E-state index contributed by atoms with van der Waals surface area (Å²) in [6, 6.07) is 7.11. The van der Waals surface area contributed by atoms with E-state index in [-0.39, 0.29) is 24.8 Å². The molecule has 3 aliphatic heterocycles. The maximum absolute atomic E-state index is 13.8. The molecule has 0 aliphatic carbocycles. The number of anilines is 2. The van der Waals surface area contributed by atoms with Crippen molar-refractivity contribution in [2.45, 2.75) is 43.6 Å². The Morgan fingerprint density at radius 1 is 1.30 bits per heavy atom. The Hall–Kier alpha value is -3.48. The molecule has 3 aromatic rings. The largest absolute Gasteiger partial charge is 0.480 e. The van der Waals surface area contributed by atoms with E-state index in [1.54, 1.807) is 30.5 Å². The third kappa shape index (κ3) is 4.84. The van der Waals surface area contributed by atoms with Gasteiger partial charge in [-0.2, -0.15) is 0 Å². The molecule has 0 amide bonds. The highest BCUT2D eigenvalue weighted by Gasteiger charge is 2.50. The summed E-state index contributed by atoms with van der Waals surface area (Å²) < 4.78 is 45.3. The molecule has 3 atom stereocenters. The van der Waals surface area contributed by atoms with Crippen LogP contribution in [-0.2, 0) is 14.3 Å². The number of ether oxygens (including phenoxy) is 3. The monoisotopic (exact) mass is 575 g/mol. The van der Waals surface area contributed by atoms with Crippen molar-refractivity contribution in [1.82, 2.24) is 15.0 Å². The van der Waals surface area contributed by atoms with Crippen LogP contribution in [0.15, 0.2) is 42.7 Å². The average molecular weight is 576 g/mol. The number of carbonyl (C=O) groups is 1. The van der Waals surface area contributed by atoms with Crippen LogP contribution in [-0.4, -0.2) is 82.7 Å². The number of halogens is 3. The van der Waals surface area contributed by atoms with Crippen LogP contribution in [0, 0.1) is 0 Å². The predicted octanol–water partition coefficient (Wildman–Crippen LogP) is 4.17. The van der Waals surface area contributed by atoms with Gasteiger partial charge in [-0.3, -0.25) is 0 Å². The van der Waals surface area contributed by atoms with E-state index < -0.39 is 35.8 Å². The SMILES string of the molecule is C[C@@H]1N(c2cc(Cl)cnc2O[C@H]2C[C@@H](C(=O)O)N(c3cc(-c4ccc[nH]4)cc(C(F)F)n3)C2)CCOC12COC2. The molecular formula is C27H28ClF2N5O5. The fourth-order valence-corrected chi connectivity index (χ4v) is 5.76. The van der Waals surface area contributed by atoms with Crippen molar-refractivity contribution in [3.8, 4) is 17.1 Å². The standard InChI is InChI=1S/C27H28ClF2N5O5/c1-15-27(13-38-14-27)39-6-5-34(15)21-9-17(28)11-32-25(21)40-18-10-22(26(36)37)35(12-18)23-8-16(19-3-2-4-31-19)7-20(33-23)24(29)30/h2-4,7-9,11,15,18,22,24,31H,5-6,10,12-14H2,1H3,(H,36,37)/t15-,18-,22-/m0/s1. The molecule has 0 bridgehead atoms. The van der Waals surface area contributed by atoms with Gasteiger partial charge in [0, 0.05) is 36.6 Å². The Morgan fingerprint density at radius 2 is 2.12 bits per heavy atom. The highest BCUT2D eigenvalue weighted by atomic mass is 35.5. The van der Waals surface area contributed by atoms with E-state index in [9.17, 15) is 18.7 Å². The summed E-state index contributed by atoms with van der Waals surface area (Å²) in [5, 5.41) is 10.5. The maximum atomic E-state index is 13.8. The normalized spacial score (nSPS) is 24.0. The number of rotatable bonds is 7. The fraction of sp³-hybridized carbons (Fsp3) is 0.444. The Labute approximate surface area is 233 Å². The van der Waals surface area contributed by atoms with Crippen LogP contribution < -0.4 is 14.5 Å². The summed E-state index contributed by atoms with van der Waals surface area (Å²) in [5.74, 6) is -0.653. The molecule has 3 fully saturated rings. The van der Waals surface area contributed by atoms with Gasteiger partial charge < -0.3 is 34.1 Å². The highest BCUT2D eigenvalue weighted by molar-refractivity contribution is 6.30. The number of carboxylic acid groups (broad SMARTS) is 1. The van der Waals surface area contributed by atoms with Crippen LogP contribution in [0.2, 0.25) is 5.02 Å². The summed E-state index contributed by atoms with van der Waals surface area (Å²) >= 11 is 6.33. The van der Waals surface area contributed by atoms with Gasteiger partial charge in [-0.25, -0.2) is 23.5 Å². The van der Waals surface area contributed by atoms with E-state index in [0.717, 1.165) is 0 Å². The lowest BCUT2D eigenvalue weighted by atomic mass is 9.90. The van der Waals surface area contributed by atoms with E-state index in [0.29, 0.717) is 54.2 Å². The number of hydrogen-bond acceptors (Lipinski definition) is 8. The molecule has 3 saturated heterocycles. The molecule has 6 rings (SSSR count). The molecule has 3 aliphatic rings. The molecule has 0 radical (unpaired) electrons. The molecule has 2 N–H and O–H groups in total. The average Bonchev–Trinajstić information content (AvgIpc) is 3.60. The van der Waals surface area contributed by atoms with Gasteiger partial charge >= 0.3 is 5.97 Å². The first-order chi connectivity index (χ1) is 19.2. The lowest BCUT2D eigenvalue weighted by Gasteiger charge is -2.53. The summed E-state index contributed by atoms with van der Waals surface area (Å²) in [6.07, 6.45) is -0.160. The lowest BCUT2D eigenvalue weighted by molar-refractivity contribution is -0.228. The van der Waals surface area contributed by atoms with Crippen LogP contribution in [0.25, 0.3) is 11.3 Å². The maximum Gasteiger partial charge on any atom is 0.326 e. The zero-order valence-electron chi connectivity index (χ0n) is 21.6. The highest BCUT2D eigenvalue weighted by Crippen LogP contribution is 2.40. The summed E-state index contributed by atoms with van der Waals surface area (Å²) in [7, 11) is 0. The summed E-state index contributed by atoms with van der Waals surface area (Å²) in [4.78, 5) is 27.5. The van der Waals surface area contributed by atoms with Crippen LogP contribution in [0.4, 0.5) is 20.3 Å². The van der Waals surface area contributed by atoms with Crippen molar-refractivity contribution in [3.05, 3.63) is 53.4 Å². The van der Waals surface area contributed by atoms with Crippen molar-refractivity contribution in [3.63, 3.8) is 0 Å². The molecule has 10 nitrogen and oxygen atoms in total. The second kappa shape index (κ2) is 10.5. The minimum Gasteiger partial charge on any atom is -0.480 e. The summed E-state index contributed by atoms with van der Waals surface area (Å²) in [6.45, 7) is 4.22. The quantitative estimate of drug-likeness (QED) is 0.428. The van der Waals surface area contributed by atoms with Gasteiger partial charge in [-0.1, -0.05) is 11.6 Å². The van der Waals surface area contributed by atoms with E-state index in [1.165, 1.54) is 17.2 Å². The minimum atomic E-state index is -2.83. The first-order valence-corrected chi connectivity index (χ1v) is 13.4. The van der Waals surface area contributed by atoms with Gasteiger partial charge in [0.15, 0.2) is 0 Å². The molecule has 0 aromatic carbocycles. The van der Waals surface area contributed by atoms with Gasteiger partial charge in [0.25, 0.3) is 6.43 Å². The molecule has 0 unspecified atom stereocenters. The Balaban J connectivity index is 1.29. The number of morpholine rings is 1. The zero-order valence-corrected chi connectivity index (χ0v) is 22.4. The molecule has 3 aromatic heterocycles. The second-order valence-electron chi connectivity index (χ2n) is 10.3. The number of carboxylic acids is 1. The number of nitrogens with one attached hydrogen (secondary N) is 1.